The zero-order chi connectivity index (χ0) is 85.6. The highest BCUT2D eigenvalue weighted by Crippen LogP contribution is 2.21. The number of H-pyrrole nitrogens is 1. The van der Waals surface area contributed by atoms with Crippen molar-refractivity contribution >= 4 is 129 Å². The van der Waals surface area contributed by atoms with Crippen LogP contribution in [0, 0.1) is 11.8 Å². The van der Waals surface area contributed by atoms with Gasteiger partial charge in [0.05, 0.1) is 38.8 Å². The SMILES string of the molecule is CC[C@H](C)CCCCCCC(=O)N[C@@H](Cc1c[nH]c2ccccc12)C(=O)N[C@H](CCC(=O)O)C(=O)N[C@@H](CC(N)=O)C(=O)N[C@@H]1C(=O)N(C)CC(=O)N[C@@H](C)C(=O)N[C@@H](CC(=O)O)C(=O)N[C@H](CCCCN)C(=O)N[C@@H](CC(=O)O)C(=O)NCC(=O)N[C@H](CC(N)=O)C(=O)N[C@H](CCC(=O)O)C(=O)N[C@@H]([C@H](C)CC)C(=O)O[C@@H]1C. The molecule has 0 unspecified atom stereocenters. The topological polar surface area (TPSA) is 673 Å². The molecule has 23 N–H and O–H groups in total. The summed E-state index contributed by atoms with van der Waals surface area (Å²) in [5.74, 6) is -27.1. The van der Waals surface area contributed by atoms with Gasteiger partial charge in [-0.15, -0.1) is 0 Å². The maximum absolute atomic E-state index is 14.9. The molecule has 1 aromatic heterocycles. The van der Waals surface area contributed by atoms with Crippen molar-refractivity contribution in [1.29, 1.82) is 0 Å². The van der Waals surface area contributed by atoms with E-state index in [0.29, 0.717) is 40.1 Å². The lowest BCUT2D eigenvalue weighted by Gasteiger charge is -2.32. The van der Waals surface area contributed by atoms with E-state index < -0.39 is 261 Å². The summed E-state index contributed by atoms with van der Waals surface area (Å²) in [5, 5.41) is 66.9. The Morgan fingerprint density at radius 2 is 1.12 bits per heavy atom. The van der Waals surface area contributed by atoms with Gasteiger partial charge in [0.15, 0.2) is 0 Å². The number of nitrogens with two attached hydrogens (primary N) is 3. The van der Waals surface area contributed by atoms with Crippen LogP contribution in [0.3, 0.4) is 0 Å². The van der Waals surface area contributed by atoms with Crippen molar-refractivity contribution in [2.75, 3.05) is 26.7 Å². The Kier molecular flexibility index (Phi) is 41.2. The molecule has 632 valence electrons. The summed E-state index contributed by atoms with van der Waals surface area (Å²) in [6, 6.07) is -14.2. The highest BCUT2D eigenvalue weighted by Gasteiger charge is 2.41. The minimum absolute atomic E-state index is 0.00441. The van der Waals surface area contributed by atoms with Gasteiger partial charge in [-0.05, 0) is 82.4 Å². The van der Waals surface area contributed by atoms with Gasteiger partial charge in [-0.3, -0.25) is 91.1 Å². The molecule has 2 heterocycles. The molecule has 0 bridgehead atoms. The fraction of sp³-hybridized carbons (Fsp3) is 0.611. The van der Waals surface area contributed by atoms with Crippen LogP contribution in [0.2, 0.25) is 0 Å². The molecule has 14 atom stereocenters. The number of unbranched alkanes of at least 4 members (excludes halogenated alkanes) is 4. The number of hydrogen-bond acceptors (Lipinski definition) is 22. The number of primary amides is 2. The molecule has 42 nitrogen and oxygen atoms in total. The van der Waals surface area contributed by atoms with Crippen LogP contribution in [0.4, 0.5) is 0 Å². The fourth-order valence-corrected chi connectivity index (χ4v) is 11.7. The first kappa shape index (κ1) is 96.3. The smallest absolute Gasteiger partial charge is 0.329 e. The number of aromatic amines is 1. The molecule has 0 aliphatic carbocycles. The number of nitrogens with zero attached hydrogens (tertiary/aromatic N) is 1. The Bertz CT molecular complexity index is 3780. The fourth-order valence-electron chi connectivity index (χ4n) is 11.7. The number of esters is 1. The molecule has 15 amide bonds. The number of carboxylic acid groups (broad SMARTS) is 4. The van der Waals surface area contributed by atoms with Gasteiger partial charge in [0, 0.05) is 49.8 Å². The molecule has 42 heteroatoms. The first-order valence-electron chi connectivity index (χ1n) is 37.4. The summed E-state index contributed by atoms with van der Waals surface area (Å²) in [5.41, 5.74) is 17.9. The van der Waals surface area contributed by atoms with Crippen molar-refractivity contribution in [3.63, 3.8) is 0 Å². The second-order valence-corrected chi connectivity index (χ2v) is 28.0. The number of likely N-dealkylation sites (N-methyl/N-ethyl adjacent to an activating group) is 1. The van der Waals surface area contributed by atoms with E-state index in [4.69, 9.17) is 21.9 Å². The zero-order valence-electron chi connectivity index (χ0n) is 64.8. The molecule has 1 saturated heterocycles. The number of hydrogen-bond donors (Lipinski definition) is 20. The standard InChI is InChI=1S/C72H109N17O25/c1-8-36(3)18-12-10-11-13-22-53(92)79-46(28-40-33-76-42-20-15-14-19-41(40)42)67(108)82-44(23-25-56(95)96)65(106)85-48(30-52(75)91)70(111)88-61-39(6)114-72(113)60(37(4)9-2)87-66(107)45(24-26-57(97)98)83-68(109)47(29-51(74)90)80-54(93)34-77-63(104)49(31-58(99)100)86-64(105)43(21-16-17-27-73)81-69(110)50(32-59(101)102)84-62(103)38(5)78-55(94)35-89(7)71(61)112/h14-15,19-20,33,36-39,43-50,60-61,76H,8-13,16-18,21-32,34-35,73H2,1-7H3,(H2,74,90)(H2,75,91)(H,77,104)(H,78,94)(H,79,92)(H,80,93)(H,81,110)(H,82,108)(H,83,109)(H,84,103)(H,85,106)(H,86,105)(H,87,107)(H,88,111)(H,95,96)(H,97,98)(H,99,100)(H,101,102)/t36-,37+,38-,39+,43+,44+,45+,46-,47+,48-,49-,50-,60-,61-/m0/s1. The van der Waals surface area contributed by atoms with Gasteiger partial charge in [-0.1, -0.05) is 84.4 Å². The summed E-state index contributed by atoms with van der Waals surface area (Å²) < 4.78 is 5.78. The number of amides is 15. The van der Waals surface area contributed by atoms with Crippen molar-refractivity contribution < 1.29 is 121 Å². The van der Waals surface area contributed by atoms with Crippen LogP contribution in [0.15, 0.2) is 30.5 Å². The monoisotopic (exact) mass is 1610 g/mol. The molecule has 1 aliphatic heterocycles. The van der Waals surface area contributed by atoms with Crippen LogP contribution in [0.5, 0.6) is 0 Å². The maximum atomic E-state index is 14.9. The van der Waals surface area contributed by atoms with Crippen molar-refractivity contribution in [3.05, 3.63) is 36.0 Å². The Labute approximate surface area is 656 Å². The van der Waals surface area contributed by atoms with E-state index in [1.807, 2.05) is 5.32 Å². The number of carbonyl (C=O) groups excluding carboxylic acids is 16. The number of aliphatic carboxylic acids is 4. The van der Waals surface area contributed by atoms with Crippen LogP contribution in [-0.2, 0) is 107 Å². The van der Waals surface area contributed by atoms with Crippen molar-refractivity contribution in [2.24, 2.45) is 29.0 Å². The minimum Gasteiger partial charge on any atom is -0.481 e. The Morgan fingerprint density at radius 1 is 0.561 bits per heavy atom. The lowest BCUT2D eigenvalue weighted by Crippen LogP contribution is -2.62. The lowest BCUT2D eigenvalue weighted by molar-refractivity contribution is -0.159. The van der Waals surface area contributed by atoms with Crippen molar-refractivity contribution in [1.82, 2.24) is 73.7 Å². The predicted molar refractivity (Wildman–Crippen MR) is 401 cm³/mol. The van der Waals surface area contributed by atoms with E-state index >= 15 is 0 Å². The van der Waals surface area contributed by atoms with E-state index in [-0.39, 0.29) is 45.1 Å². The first-order valence-corrected chi connectivity index (χ1v) is 37.4. The second kappa shape index (κ2) is 48.8. The van der Waals surface area contributed by atoms with Crippen LogP contribution < -0.4 is 81.0 Å². The highest BCUT2D eigenvalue weighted by molar-refractivity contribution is 6.02. The van der Waals surface area contributed by atoms with Crippen LogP contribution >= 0.6 is 0 Å². The summed E-state index contributed by atoms with van der Waals surface area (Å²) in [6.07, 6.45) is -3.32. The van der Waals surface area contributed by atoms with Crippen LogP contribution in [0.25, 0.3) is 10.9 Å². The van der Waals surface area contributed by atoms with Gasteiger partial charge < -0.3 is 116 Å². The van der Waals surface area contributed by atoms with Crippen molar-refractivity contribution in [3.8, 4) is 0 Å². The van der Waals surface area contributed by atoms with E-state index in [9.17, 15) is 116 Å². The number of cyclic esters (lactones) is 1. The molecule has 1 fully saturated rings. The van der Waals surface area contributed by atoms with Gasteiger partial charge in [0.25, 0.3) is 0 Å². The van der Waals surface area contributed by atoms with E-state index in [0.717, 1.165) is 46.6 Å². The van der Waals surface area contributed by atoms with E-state index in [1.165, 1.54) is 13.8 Å². The number of aromatic nitrogens is 1. The quantitative estimate of drug-likeness (QED) is 0.0224. The molecule has 2 aromatic rings. The number of nitrogens with one attached hydrogen (secondary N) is 13. The van der Waals surface area contributed by atoms with Gasteiger partial charge in [-0.25, -0.2) is 4.79 Å². The summed E-state index contributed by atoms with van der Waals surface area (Å²) in [7, 11) is 0.949. The number of rotatable bonds is 37. The molecule has 1 aliphatic rings. The third kappa shape index (κ3) is 34.4. The van der Waals surface area contributed by atoms with E-state index in [1.54, 1.807) is 30.5 Å². The van der Waals surface area contributed by atoms with Gasteiger partial charge in [-0.2, -0.15) is 0 Å². The number of carbonyl (C=O) groups is 20. The minimum atomic E-state index is -2.26. The molecule has 3 rings (SSSR count). The molecule has 0 spiro atoms. The average Bonchev–Trinajstić information content (AvgIpc) is 1.70. The number of ether oxygens (including phenoxy) is 1. The average molecular weight is 1610 g/mol. The summed E-state index contributed by atoms with van der Waals surface area (Å²) in [4.78, 5) is 276. The molecule has 0 saturated carbocycles. The Morgan fingerprint density at radius 3 is 1.72 bits per heavy atom. The number of carboxylic acids is 4. The third-order valence-corrected chi connectivity index (χ3v) is 18.6. The zero-order valence-corrected chi connectivity index (χ0v) is 64.8. The summed E-state index contributed by atoms with van der Waals surface area (Å²) in [6.45, 7) is 7.01. The third-order valence-electron chi connectivity index (χ3n) is 18.6. The first-order chi connectivity index (χ1) is 53.7. The predicted octanol–water partition coefficient (Wildman–Crippen LogP) is -4.43. The highest BCUT2D eigenvalue weighted by atomic mass is 16.5. The van der Waals surface area contributed by atoms with Crippen LogP contribution in [0.1, 0.15) is 169 Å². The Balaban J connectivity index is 2.23. The largest absolute Gasteiger partial charge is 0.481 e. The Hall–Kier alpha value is -11.9. The lowest BCUT2D eigenvalue weighted by atomic mass is 9.98. The number of benzene rings is 1. The second-order valence-electron chi connectivity index (χ2n) is 28.0. The van der Waals surface area contributed by atoms with Crippen molar-refractivity contribution in [2.45, 2.75) is 243 Å². The van der Waals surface area contributed by atoms with Gasteiger partial charge in [0.1, 0.15) is 72.6 Å². The number of para-hydroxylation sites is 1. The molecular formula is C72H109N17O25. The molecular weight excluding hydrogens is 1500 g/mol. The van der Waals surface area contributed by atoms with Gasteiger partial charge >= 0.3 is 29.8 Å². The maximum Gasteiger partial charge on any atom is 0.329 e. The molecule has 0 radical (unpaired) electrons. The van der Waals surface area contributed by atoms with E-state index in [2.05, 4.69) is 77.3 Å². The molecule has 114 heavy (non-hydrogen) atoms. The van der Waals surface area contributed by atoms with Gasteiger partial charge in [0.2, 0.25) is 88.6 Å². The normalized spacial score (nSPS) is 21.7. The van der Waals surface area contributed by atoms with Crippen LogP contribution in [-0.4, -0.2) is 248 Å². The summed E-state index contributed by atoms with van der Waals surface area (Å²) >= 11 is 0. The molecule has 1 aromatic carbocycles. The number of fused-ring (bicyclic) bond motifs is 1.